The highest BCUT2D eigenvalue weighted by Crippen LogP contribution is 2.31. The van der Waals surface area contributed by atoms with E-state index in [1.54, 1.807) is 0 Å². The topological polar surface area (TPSA) is 61.4 Å². The summed E-state index contributed by atoms with van der Waals surface area (Å²) in [5.74, 6) is 0. The summed E-state index contributed by atoms with van der Waals surface area (Å²) in [5, 5.41) is 15.8. The monoisotopic (exact) mass is 282 g/mol. The Balaban J connectivity index is 1.69. The molecule has 0 spiro atoms. The molecule has 0 heterocycles. The molecule has 3 rings (SSSR count). The van der Waals surface area contributed by atoms with E-state index in [0.717, 1.165) is 22.4 Å². The van der Waals surface area contributed by atoms with Gasteiger partial charge < -0.3 is 15.7 Å². The van der Waals surface area contributed by atoms with Gasteiger partial charge in [-0.3, -0.25) is 0 Å². The Bertz CT molecular complexity index is 652. The first-order valence-electron chi connectivity index (χ1n) is 7.03. The summed E-state index contributed by atoms with van der Waals surface area (Å²) in [4.78, 5) is 12.1. The Labute approximate surface area is 123 Å². The number of hydrogen-bond donors (Lipinski definition) is 3. The maximum Gasteiger partial charge on any atom is 0.319 e. The Kier molecular flexibility index (Phi) is 3.62. The molecule has 0 radical (unpaired) electrons. The maximum atomic E-state index is 12.1. The van der Waals surface area contributed by atoms with Crippen LogP contribution < -0.4 is 10.6 Å². The predicted octanol–water partition coefficient (Wildman–Crippen LogP) is 2.77. The lowest BCUT2D eigenvalue weighted by atomic mass is 10.1. The summed E-state index contributed by atoms with van der Waals surface area (Å²) >= 11 is 0. The molecule has 0 aliphatic heterocycles. The van der Waals surface area contributed by atoms with E-state index >= 15 is 0 Å². The van der Waals surface area contributed by atoms with Gasteiger partial charge in [-0.05, 0) is 30.2 Å². The number of aliphatic hydroxyl groups is 1. The molecule has 4 nitrogen and oxygen atoms in total. The van der Waals surface area contributed by atoms with Gasteiger partial charge in [-0.1, -0.05) is 42.0 Å². The number of carbonyl (C=O) groups is 1. The SMILES string of the molecule is Cc1ccc(NC(=O)NC2c3ccccc3CC2O)cc1. The van der Waals surface area contributed by atoms with Gasteiger partial charge in [0.1, 0.15) is 0 Å². The van der Waals surface area contributed by atoms with Crippen molar-refractivity contribution >= 4 is 11.7 Å². The van der Waals surface area contributed by atoms with Crippen LogP contribution in [0, 0.1) is 6.92 Å². The van der Waals surface area contributed by atoms with E-state index in [1.807, 2.05) is 55.5 Å². The fraction of sp³-hybridized carbons (Fsp3) is 0.235. The molecule has 2 unspecified atom stereocenters. The first kappa shape index (κ1) is 13.6. The highest BCUT2D eigenvalue weighted by Gasteiger charge is 2.31. The number of rotatable bonds is 2. The minimum atomic E-state index is -0.578. The molecule has 1 aliphatic carbocycles. The lowest BCUT2D eigenvalue weighted by Crippen LogP contribution is -2.36. The molecule has 3 N–H and O–H groups in total. The highest BCUT2D eigenvalue weighted by atomic mass is 16.3. The number of urea groups is 1. The summed E-state index contributed by atoms with van der Waals surface area (Å²) in [6, 6.07) is 14.7. The number of anilines is 1. The maximum absolute atomic E-state index is 12.1. The van der Waals surface area contributed by atoms with Crippen molar-refractivity contribution in [1.29, 1.82) is 0 Å². The van der Waals surface area contributed by atoms with Gasteiger partial charge in [-0.2, -0.15) is 0 Å². The molecule has 2 aromatic carbocycles. The zero-order chi connectivity index (χ0) is 14.8. The second-order valence-electron chi connectivity index (χ2n) is 5.41. The summed E-state index contributed by atoms with van der Waals surface area (Å²) < 4.78 is 0. The van der Waals surface area contributed by atoms with E-state index in [-0.39, 0.29) is 12.1 Å². The lowest BCUT2D eigenvalue weighted by Gasteiger charge is -2.18. The van der Waals surface area contributed by atoms with Gasteiger partial charge in [-0.25, -0.2) is 4.79 Å². The minimum Gasteiger partial charge on any atom is -0.390 e. The van der Waals surface area contributed by atoms with Gasteiger partial charge in [0.15, 0.2) is 0 Å². The molecule has 21 heavy (non-hydrogen) atoms. The number of aryl methyl sites for hydroxylation is 1. The normalized spacial score (nSPS) is 19.9. The van der Waals surface area contributed by atoms with Crippen LogP contribution in [-0.4, -0.2) is 17.2 Å². The van der Waals surface area contributed by atoms with Gasteiger partial charge in [0.2, 0.25) is 0 Å². The molecule has 2 amide bonds. The van der Waals surface area contributed by atoms with Crippen molar-refractivity contribution in [3.05, 3.63) is 65.2 Å². The zero-order valence-corrected chi connectivity index (χ0v) is 11.8. The molecule has 4 heteroatoms. The van der Waals surface area contributed by atoms with Crippen LogP contribution in [0.3, 0.4) is 0 Å². The average molecular weight is 282 g/mol. The van der Waals surface area contributed by atoms with E-state index in [4.69, 9.17) is 0 Å². The number of benzene rings is 2. The Morgan fingerprint density at radius 1 is 1.14 bits per heavy atom. The second kappa shape index (κ2) is 5.58. The molecular weight excluding hydrogens is 264 g/mol. The number of aliphatic hydroxyl groups excluding tert-OH is 1. The van der Waals surface area contributed by atoms with E-state index in [2.05, 4.69) is 10.6 Å². The van der Waals surface area contributed by atoms with E-state index in [0.29, 0.717) is 6.42 Å². The molecule has 0 bridgehead atoms. The van der Waals surface area contributed by atoms with E-state index in [1.165, 1.54) is 0 Å². The summed E-state index contributed by atoms with van der Waals surface area (Å²) in [5.41, 5.74) is 3.95. The first-order chi connectivity index (χ1) is 10.1. The third kappa shape index (κ3) is 2.90. The standard InChI is InChI=1S/C17H18N2O2/c1-11-6-8-13(9-7-11)18-17(21)19-16-14-5-3-2-4-12(14)10-15(16)20/h2-9,15-16,20H,10H2,1H3,(H2,18,19,21). The second-order valence-corrected chi connectivity index (χ2v) is 5.41. The van der Waals surface area contributed by atoms with Gasteiger partial charge in [0.25, 0.3) is 0 Å². The summed E-state index contributed by atoms with van der Waals surface area (Å²) in [6.07, 6.45) is -0.00257. The molecule has 0 saturated heterocycles. The minimum absolute atomic E-state index is 0.306. The number of nitrogens with one attached hydrogen (secondary N) is 2. The van der Waals surface area contributed by atoms with Gasteiger partial charge in [-0.15, -0.1) is 0 Å². The number of amides is 2. The van der Waals surface area contributed by atoms with Crippen LogP contribution in [0.1, 0.15) is 22.7 Å². The smallest absolute Gasteiger partial charge is 0.319 e. The molecule has 2 atom stereocenters. The predicted molar refractivity (Wildman–Crippen MR) is 82.2 cm³/mol. The molecular formula is C17H18N2O2. The third-order valence-electron chi connectivity index (χ3n) is 3.80. The third-order valence-corrected chi connectivity index (χ3v) is 3.80. The molecule has 0 saturated carbocycles. The van der Waals surface area contributed by atoms with Crippen LogP contribution in [0.2, 0.25) is 0 Å². The largest absolute Gasteiger partial charge is 0.390 e. The summed E-state index contributed by atoms with van der Waals surface area (Å²) in [6.45, 7) is 2.00. The van der Waals surface area contributed by atoms with Crippen LogP contribution in [0.4, 0.5) is 10.5 Å². The quantitative estimate of drug-likeness (QED) is 0.793. The highest BCUT2D eigenvalue weighted by molar-refractivity contribution is 5.89. The van der Waals surface area contributed by atoms with E-state index in [9.17, 15) is 9.90 Å². The van der Waals surface area contributed by atoms with Crippen LogP contribution in [0.25, 0.3) is 0 Å². The fourth-order valence-corrected chi connectivity index (χ4v) is 2.69. The first-order valence-corrected chi connectivity index (χ1v) is 7.03. The molecule has 0 fully saturated rings. The molecule has 1 aliphatic rings. The molecule has 108 valence electrons. The van der Waals surface area contributed by atoms with Crippen molar-refractivity contribution < 1.29 is 9.90 Å². The number of carbonyl (C=O) groups excluding carboxylic acids is 1. The van der Waals surface area contributed by atoms with Crippen molar-refractivity contribution in [2.45, 2.75) is 25.5 Å². The Morgan fingerprint density at radius 2 is 1.86 bits per heavy atom. The van der Waals surface area contributed by atoms with Crippen molar-refractivity contribution in [3.63, 3.8) is 0 Å². The van der Waals surface area contributed by atoms with Crippen LogP contribution in [0.15, 0.2) is 48.5 Å². The lowest BCUT2D eigenvalue weighted by molar-refractivity contribution is 0.144. The van der Waals surface area contributed by atoms with Gasteiger partial charge >= 0.3 is 6.03 Å². The van der Waals surface area contributed by atoms with Gasteiger partial charge in [0.05, 0.1) is 12.1 Å². The van der Waals surface area contributed by atoms with Crippen molar-refractivity contribution in [3.8, 4) is 0 Å². The number of fused-ring (bicyclic) bond motifs is 1. The fourth-order valence-electron chi connectivity index (χ4n) is 2.69. The van der Waals surface area contributed by atoms with Crippen LogP contribution in [0.5, 0.6) is 0 Å². The van der Waals surface area contributed by atoms with Crippen LogP contribution >= 0.6 is 0 Å². The van der Waals surface area contributed by atoms with Crippen molar-refractivity contribution in [2.75, 3.05) is 5.32 Å². The Hall–Kier alpha value is -2.33. The van der Waals surface area contributed by atoms with Gasteiger partial charge in [0, 0.05) is 12.1 Å². The van der Waals surface area contributed by atoms with Crippen LogP contribution in [-0.2, 0) is 6.42 Å². The zero-order valence-electron chi connectivity index (χ0n) is 11.8. The van der Waals surface area contributed by atoms with E-state index < -0.39 is 6.10 Å². The molecule has 2 aromatic rings. The van der Waals surface area contributed by atoms with Crippen molar-refractivity contribution in [1.82, 2.24) is 5.32 Å². The molecule has 0 aromatic heterocycles. The average Bonchev–Trinajstić information content (AvgIpc) is 2.78. The Morgan fingerprint density at radius 3 is 2.62 bits per heavy atom. The summed E-state index contributed by atoms with van der Waals surface area (Å²) in [7, 11) is 0. The van der Waals surface area contributed by atoms with Crippen molar-refractivity contribution in [2.24, 2.45) is 0 Å². The number of hydrogen-bond acceptors (Lipinski definition) is 2.